The molecule has 1 atom stereocenters. The highest BCUT2D eigenvalue weighted by Crippen LogP contribution is 2.52. The largest absolute Gasteiger partial charge is 0.386 e. The van der Waals surface area contributed by atoms with Crippen molar-refractivity contribution < 1.29 is 9.50 Å². The van der Waals surface area contributed by atoms with Crippen molar-refractivity contribution in [3.63, 3.8) is 0 Å². The Morgan fingerprint density at radius 3 is 2.42 bits per heavy atom. The average molecular weight is 376 g/mol. The molecule has 0 unspecified atom stereocenters. The maximum atomic E-state index is 13.5. The lowest BCUT2D eigenvalue weighted by Gasteiger charge is -2.32. The van der Waals surface area contributed by atoms with E-state index < -0.39 is 6.10 Å². The number of aryl methyl sites for hydroxylation is 1. The van der Waals surface area contributed by atoms with Crippen LogP contribution >= 0.6 is 12.4 Å². The van der Waals surface area contributed by atoms with Gasteiger partial charge < -0.3 is 10.4 Å². The van der Waals surface area contributed by atoms with Gasteiger partial charge in [0.1, 0.15) is 5.82 Å². The molecule has 2 aliphatic rings. The minimum absolute atomic E-state index is 0. The van der Waals surface area contributed by atoms with E-state index in [9.17, 15) is 9.50 Å². The summed E-state index contributed by atoms with van der Waals surface area (Å²) in [5.41, 5.74) is 1.96. The number of nitrogens with one attached hydrogen (secondary N) is 1. The van der Waals surface area contributed by atoms with Crippen LogP contribution < -0.4 is 5.32 Å². The fraction of sp³-hybridized carbons (Fsp3) is 0.455. The summed E-state index contributed by atoms with van der Waals surface area (Å²) in [6.45, 7) is 0. The second-order valence-corrected chi connectivity index (χ2v) is 7.86. The molecular weight excluding hydrogens is 349 g/mol. The first-order valence-corrected chi connectivity index (χ1v) is 9.38. The molecule has 4 heteroatoms. The van der Waals surface area contributed by atoms with Crippen LogP contribution in [0.25, 0.3) is 0 Å². The molecule has 0 amide bonds. The van der Waals surface area contributed by atoms with Crippen molar-refractivity contribution in [2.75, 3.05) is 0 Å². The van der Waals surface area contributed by atoms with Crippen LogP contribution in [0.5, 0.6) is 0 Å². The van der Waals surface area contributed by atoms with E-state index in [1.54, 1.807) is 6.07 Å². The first kappa shape index (κ1) is 19.3. The lowest BCUT2D eigenvalue weighted by Crippen LogP contribution is -2.46. The maximum absolute atomic E-state index is 13.5. The fourth-order valence-corrected chi connectivity index (χ4v) is 4.88. The minimum atomic E-state index is -0.637. The van der Waals surface area contributed by atoms with Crippen LogP contribution in [0.4, 0.5) is 4.39 Å². The Morgan fingerprint density at radius 2 is 1.73 bits per heavy atom. The molecule has 26 heavy (non-hydrogen) atoms. The van der Waals surface area contributed by atoms with Crippen molar-refractivity contribution in [3.8, 4) is 0 Å². The van der Waals surface area contributed by atoms with Crippen LogP contribution in [-0.2, 0) is 6.42 Å². The average Bonchev–Trinajstić information content (AvgIpc) is 3.19. The number of aliphatic hydroxyl groups excluding tert-OH is 1. The molecule has 2 saturated heterocycles. The van der Waals surface area contributed by atoms with Crippen LogP contribution in [-0.4, -0.2) is 16.2 Å². The molecule has 0 aliphatic carbocycles. The van der Waals surface area contributed by atoms with Crippen LogP contribution in [0.1, 0.15) is 55.8 Å². The summed E-state index contributed by atoms with van der Waals surface area (Å²) < 4.78 is 13.5. The summed E-state index contributed by atoms with van der Waals surface area (Å²) in [6.07, 6.45) is 6.91. The van der Waals surface area contributed by atoms with Crippen molar-refractivity contribution >= 4 is 12.4 Å². The molecule has 0 spiro atoms. The van der Waals surface area contributed by atoms with E-state index in [4.69, 9.17) is 0 Å². The summed E-state index contributed by atoms with van der Waals surface area (Å²) in [5, 5.41) is 14.7. The Balaban J connectivity index is 0.00000196. The molecule has 4 rings (SSSR count). The van der Waals surface area contributed by atoms with Crippen LogP contribution in [0, 0.1) is 5.82 Å². The predicted octanol–water partition coefficient (Wildman–Crippen LogP) is 4.96. The van der Waals surface area contributed by atoms with Gasteiger partial charge in [-0.05, 0) is 68.2 Å². The van der Waals surface area contributed by atoms with Crippen molar-refractivity contribution in [2.45, 2.75) is 62.1 Å². The third kappa shape index (κ3) is 3.66. The Hall–Kier alpha value is -1.42. The second kappa shape index (κ2) is 7.67. The van der Waals surface area contributed by atoms with Crippen molar-refractivity contribution in [1.82, 2.24) is 5.32 Å². The van der Waals surface area contributed by atoms with E-state index >= 15 is 0 Å². The third-order valence-corrected chi connectivity index (χ3v) is 6.26. The number of hydrogen-bond donors (Lipinski definition) is 2. The zero-order valence-electron chi connectivity index (χ0n) is 15.0. The number of hydrogen-bond acceptors (Lipinski definition) is 2. The number of fused-ring (bicyclic) bond motifs is 2. The second-order valence-electron chi connectivity index (χ2n) is 7.86. The zero-order chi connectivity index (χ0) is 17.3. The SMILES string of the molecule is Cl.O[C@H](c1cccc(F)c1)C12CCC(CCCc3ccccc3)(CC1)N2. The van der Waals surface area contributed by atoms with Gasteiger partial charge in [-0.1, -0.05) is 42.5 Å². The number of aliphatic hydroxyl groups is 1. The van der Waals surface area contributed by atoms with Gasteiger partial charge in [-0.15, -0.1) is 12.4 Å². The Morgan fingerprint density at radius 1 is 1.00 bits per heavy atom. The van der Waals surface area contributed by atoms with Crippen molar-refractivity contribution in [2.24, 2.45) is 0 Å². The van der Waals surface area contributed by atoms with Gasteiger partial charge in [0.15, 0.2) is 0 Å². The summed E-state index contributed by atoms with van der Waals surface area (Å²) in [6, 6.07) is 17.0. The summed E-state index contributed by atoms with van der Waals surface area (Å²) in [5.74, 6) is -0.280. The quantitative estimate of drug-likeness (QED) is 0.748. The molecule has 2 aromatic carbocycles. The number of rotatable bonds is 6. The highest BCUT2D eigenvalue weighted by molar-refractivity contribution is 5.85. The Bertz CT molecular complexity index is 728. The monoisotopic (exact) mass is 375 g/mol. The molecule has 2 aromatic rings. The third-order valence-electron chi connectivity index (χ3n) is 6.26. The van der Waals surface area contributed by atoms with Crippen LogP contribution in [0.2, 0.25) is 0 Å². The maximum Gasteiger partial charge on any atom is 0.123 e. The molecule has 2 N–H and O–H groups in total. The molecule has 2 heterocycles. The van der Waals surface area contributed by atoms with Crippen LogP contribution in [0.3, 0.4) is 0 Å². The molecule has 0 saturated carbocycles. The Kier molecular flexibility index (Phi) is 5.71. The van der Waals surface area contributed by atoms with E-state index in [0.29, 0.717) is 5.56 Å². The summed E-state index contributed by atoms with van der Waals surface area (Å²) in [4.78, 5) is 0. The fourth-order valence-electron chi connectivity index (χ4n) is 4.88. The van der Waals surface area contributed by atoms with E-state index in [2.05, 4.69) is 35.6 Å². The molecule has 0 radical (unpaired) electrons. The lowest BCUT2D eigenvalue weighted by atomic mass is 9.76. The van der Waals surface area contributed by atoms with Crippen LogP contribution in [0.15, 0.2) is 54.6 Å². The minimum Gasteiger partial charge on any atom is -0.386 e. The van der Waals surface area contributed by atoms with Gasteiger partial charge in [0, 0.05) is 11.1 Å². The van der Waals surface area contributed by atoms with Crippen molar-refractivity contribution in [3.05, 3.63) is 71.5 Å². The van der Waals surface area contributed by atoms with Gasteiger partial charge in [0.2, 0.25) is 0 Å². The zero-order valence-corrected chi connectivity index (χ0v) is 15.8. The van der Waals surface area contributed by atoms with E-state index in [1.165, 1.54) is 17.7 Å². The van der Waals surface area contributed by atoms with E-state index in [0.717, 1.165) is 44.9 Å². The molecule has 2 aliphatic heterocycles. The highest BCUT2D eigenvalue weighted by Gasteiger charge is 2.56. The van der Waals surface area contributed by atoms with Gasteiger partial charge in [-0.3, -0.25) is 0 Å². The number of halogens is 2. The molecule has 140 valence electrons. The lowest BCUT2D eigenvalue weighted by molar-refractivity contribution is 0.0733. The van der Waals surface area contributed by atoms with E-state index in [1.807, 2.05) is 6.07 Å². The van der Waals surface area contributed by atoms with Gasteiger partial charge in [0.05, 0.1) is 6.10 Å². The molecule has 2 nitrogen and oxygen atoms in total. The standard InChI is InChI=1S/C22H26FNO.ClH/c23-19-10-4-9-18(16-19)20(25)22-14-12-21(24-22,13-15-22)11-5-8-17-6-2-1-3-7-17;/h1-4,6-7,9-10,16,20,24-25H,5,8,11-15H2;1H/t20-,21?,22?;/m1./s1. The van der Waals surface area contributed by atoms with Gasteiger partial charge in [0.25, 0.3) is 0 Å². The molecule has 2 fully saturated rings. The first-order valence-electron chi connectivity index (χ1n) is 9.38. The summed E-state index contributed by atoms with van der Waals surface area (Å²) in [7, 11) is 0. The van der Waals surface area contributed by atoms with Crippen molar-refractivity contribution in [1.29, 1.82) is 0 Å². The van der Waals surface area contributed by atoms with E-state index in [-0.39, 0.29) is 29.3 Å². The predicted molar refractivity (Wildman–Crippen MR) is 105 cm³/mol. The number of benzene rings is 2. The summed E-state index contributed by atoms with van der Waals surface area (Å²) >= 11 is 0. The smallest absolute Gasteiger partial charge is 0.123 e. The Labute approximate surface area is 161 Å². The molecule has 0 aromatic heterocycles. The van der Waals surface area contributed by atoms with Gasteiger partial charge >= 0.3 is 0 Å². The molecular formula is C22H27ClFNO. The van der Waals surface area contributed by atoms with Gasteiger partial charge in [-0.25, -0.2) is 4.39 Å². The first-order chi connectivity index (χ1) is 12.1. The molecule has 2 bridgehead atoms. The topological polar surface area (TPSA) is 32.3 Å². The normalized spacial score (nSPS) is 27.9. The van der Waals surface area contributed by atoms with Gasteiger partial charge in [-0.2, -0.15) is 0 Å². The highest BCUT2D eigenvalue weighted by atomic mass is 35.5.